The van der Waals surface area contributed by atoms with E-state index in [-0.39, 0.29) is 5.41 Å². The van der Waals surface area contributed by atoms with Crippen LogP contribution in [0.2, 0.25) is 0 Å². The molecule has 0 radical (unpaired) electrons. The molecule has 0 amide bonds. The zero-order chi connectivity index (χ0) is 12.7. The summed E-state index contributed by atoms with van der Waals surface area (Å²) < 4.78 is 4.95. The SMILES string of the molecule is COCCNC/C=C/c1csc(C(C)(C)C)n1. The summed E-state index contributed by atoms with van der Waals surface area (Å²) in [5.41, 5.74) is 1.20. The van der Waals surface area contributed by atoms with Crippen LogP contribution >= 0.6 is 11.3 Å². The van der Waals surface area contributed by atoms with Gasteiger partial charge in [0, 0.05) is 31.0 Å². The van der Waals surface area contributed by atoms with Gasteiger partial charge in [-0.05, 0) is 6.08 Å². The first-order chi connectivity index (χ1) is 8.04. The zero-order valence-corrected chi connectivity index (χ0v) is 11.9. The Balaban J connectivity index is 2.36. The Kier molecular flexibility index (Phi) is 5.82. The van der Waals surface area contributed by atoms with Crippen molar-refractivity contribution < 1.29 is 4.74 Å². The fourth-order valence-electron chi connectivity index (χ4n) is 1.25. The normalized spacial score (nSPS) is 12.5. The lowest BCUT2D eigenvalue weighted by atomic mass is 9.98. The van der Waals surface area contributed by atoms with Gasteiger partial charge in [0.2, 0.25) is 0 Å². The van der Waals surface area contributed by atoms with Gasteiger partial charge in [-0.15, -0.1) is 11.3 Å². The van der Waals surface area contributed by atoms with Gasteiger partial charge in [-0.3, -0.25) is 0 Å². The van der Waals surface area contributed by atoms with Crippen molar-refractivity contribution in [3.8, 4) is 0 Å². The molecule has 1 heterocycles. The maximum Gasteiger partial charge on any atom is 0.0985 e. The van der Waals surface area contributed by atoms with E-state index in [9.17, 15) is 0 Å². The molecule has 0 atom stereocenters. The van der Waals surface area contributed by atoms with Crippen molar-refractivity contribution in [1.29, 1.82) is 0 Å². The van der Waals surface area contributed by atoms with Crippen LogP contribution in [0, 0.1) is 0 Å². The van der Waals surface area contributed by atoms with Gasteiger partial charge in [0.15, 0.2) is 0 Å². The molecule has 0 spiro atoms. The molecule has 0 aliphatic carbocycles. The molecule has 0 saturated carbocycles. The number of hydrogen-bond acceptors (Lipinski definition) is 4. The summed E-state index contributed by atoms with van der Waals surface area (Å²) in [5.74, 6) is 0. The summed E-state index contributed by atoms with van der Waals surface area (Å²) in [5, 5.41) is 6.55. The summed E-state index contributed by atoms with van der Waals surface area (Å²) >= 11 is 1.73. The summed E-state index contributed by atoms with van der Waals surface area (Å²) in [6.07, 6.45) is 4.16. The molecular formula is C13H22N2OS. The maximum atomic E-state index is 4.95. The van der Waals surface area contributed by atoms with Gasteiger partial charge < -0.3 is 10.1 Å². The Labute approximate surface area is 108 Å². The van der Waals surface area contributed by atoms with E-state index in [1.807, 2.05) is 0 Å². The van der Waals surface area contributed by atoms with Gasteiger partial charge in [-0.25, -0.2) is 4.98 Å². The van der Waals surface area contributed by atoms with E-state index in [1.54, 1.807) is 18.4 Å². The van der Waals surface area contributed by atoms with Crippen molar-refractivity contribution in [2.75, 3.05) is 26.8 Å². The molecule has 3 nitrogen and oxygen atoms in total. The molecular weight excluding hydrogens is 232 g/mol. The van der Waals surface area contributed by atoms with E-state index in [0.717, 1.165) is 25.4 Å². The van der Waals surface area contributed by atoms with E-state index in [0.29, 0.717) is 0 Å². The van der Waals surface area contributed by atoms with Crippen molar-refractivity contribution in [2.45, 2.75) is 26.2 Å². The number of nitrogens with zero attached hydrogens (tertiary/aromatic N) is 1. The number of methoxy groups -OCH3 is 1. The van der Waals surface area contributed by atoms with Gasteiger partial charge in [-0.2, -0.15) is 0 Å². The first-order valence-electron chi connectivity index (χ1n) is 5.86. The Morgan fingerprint density at radius 2 is 2.24 bits per heavy atom. The number of rotatable bonds is 6. The van der Waals surface area contributed by atoms with Crippen LogP contribution in [0.25, 0.3) is 6.08 Å². The first-order valence-corrected chi connectivity index (χ1v) is 6.74. The highest BCUT2D eigenvalue weighted by Gasteiger charge is 2.17. The quantitative estimate of drug-likeness (QED) is 0.793. The Morgan fingerprint density at radius 3 is 2.82 bits per heavy atom. The van der Waals surface area contributed by atoms with Crippen LogP contribution in [0.15, 0.2) is 11.5 Å². The minimum absolute atomic E-state index is 0.146. The number of aromatic nitrogens is 1. The van der Waals surface area contributed by atoms with Crippen LogP contribution in [0.4, 0.5) is 0 Å². The van der Waals surface area contributed by atoms with E-state index < -0.39 is 0 Å². The second-order valence-electron chi connectivity index (χ2n) is 4.93. The van der Waals surface area contributed by atoms with E-state index in [2.05, 4.69) is 48.6 Å². The minimum atomic E-state index is 0.146. The highest BCUT2D eigenvalue weighted by molar-refractivity contribution is 7.09. The largest absolute Gasteiger partial charge is 0.383 e. The third kappa shape index (κ3) is 5.44. The van der Waals surface area contributed by atoms with Gasteiger partial charge in [0.05, 0.1) is 17.3 Å². The van der Waals surface area contributed by atoms with Crippen molar-refractivity contribution in [1.82, 2.24) is 10.3 Å². The van der Waals surface area contributed by atoms with Crippen LogP contribution < -0.4 is 5.32 Å². The second kappa shape index (κ2) is 6.89. The minimum Gasteiger partial charge on any atom is -0.383 e. The van der Waals surface area contributed by atoms with Crippen molar-refractivity contribution in [3.63, 3.8) is 0 Å². The van der Waals surface area contributed by atoms with E-state index in [1.165, 1.54) is 5.01 Å². The van der Waals surface area contributed by atoms with Gasteiger partial charge >= 0.3 is 0 Å². The standard InChI is InChI=1S/C13H22N2OS/c1-13(2,3)12-15-11(10-17-12)6-5-7-14-8-9-16-4/h5-6,10,14H,7-9H2,1-4H3/b6-5+. The molecule has 1 N–H and O–H groups in total. The van der Waals surface area contributed by atoms with Crippen molar-refractivity contribution in [3.05, 3.63) is 22.2 Å². The van der Waals surface area contributed by atoms with Crippen LogP contribution in [-0.2, 0) is 10.2 Å². The molecule has 0 fully saturated rings. The van der Waals surface area contributed by atoms with Crippen LogP contribution in [0.5, 0.6) is 0 Å². The number of nitrogens with one attached hydrogen (secondary N) is 1. The predicted octanol–water partition coefficient (Wildman–Crippen LogP) is 2.69. The Morgan fingerprint density at radius 1 is 1.47 bits per heavy atom. The maximum absolute atomic E-state index is 4.95. The molecule has 17 heavy (non-hydrogen) atoms. The highest BCUT2D eigenvalue weighted by atomic mass is 32.1. The van der Waals surface area contributed by atoms with Crippen LogP contribution in [0.3, 0.4) is 0 Å². The Bertz CT molecular complexity index is 353. The molecule has 1 rings (SSSR count). The second-order valence-corrected chi connectivity index (χ2v) is 5.78. The third-order valence-corrected chi connectivity index (χ3v) is 3.48. The zero-order valence-electron chi connectivity index (χ0n) is 11.1. The molecule has 0 unspecified atom stereocenters. The van der Waals surface area contributed by atoms with E-state index in [4.69, 9.17) is 4.74 Å². The lowest BCUT2D eigenvalue weighted by Crippen LogP contribution is -2.18. The van der Waals surface area contributed by atoms with Gasteiger partial charge in [0.1, 0.15) is 0 Å². The lowest BCUT2D eigenvalue weighted by molar-refractivity contribution is 0.200. The third-order valence-electron chi connectivity index (χ3n) is 2.20. The highest BCUT2D eigenvalue weighted by Crippen LogP contribution is 2.25. The topological polar surface area (TPSA) is 34.1 Å². The predicted molar refractivity (Wildman–Crippen MR) is 74.6 cm³/mol. The summed E-state index contributed by atoms with van der Waals surface area (Å²) in [7, 11) is 1.71. The van der Waals surface area contributed by atoms with Crippen LogP contribution in [-0.4, -0.2) is 31.8 Å². The number of ether oxygens (including phenoxy) is 1. The molecule has 0 saturated heterocycles. The van der Waals surface area contributed by atoms with E-state index >= 15 is 0 Å². The number of thiazole rings is 1. The monoisotopic (exact) mass is 254 g/mol. The van der Waals surface area contributed by atoms with Crippen molar-refractivity contribution in [2.24, 2.45) is 0 Å². The molecule has 0 aliphatic rings. The fourth-order valence-corrected chi connectivity index (χ4v) is 2.12. The fraction of sp³-hybridized carbons (Fsp3) is 0.615. The summed E-state index contributed by atoms with van der Waals surface area (Å²) in [4.78, 5) is 4.59. The Hall–Kier alpha value is -0.710. The molecule has 0 bridgehead atoms. The molecule has 1 aromatic rings. The molecule has 0 aromatic carbocycles. The average molecular weight is 254 g/mol. The lowest BCUT2D eigenvalue weighted by Gasteiger charge is -2.13. The molecule has 4 heteroatoms. The number of hydrogen-bond donors (Lipinski definition) is 1. The van der Waals surface area contributed by atoms with Crippen LogP contribution in [0.1, 0.15) is 31.5 Å². The summed E-state index contributed by atoms with van der Waals surface area (Å²) in [6.45, 7) is 9.04. The van der Waals surface area contributed by atoms with Crippen molar-refractivity contribution >= 4 is 17.4 Å². The average Bonchev–Trinajstić information content (AvgIpc) is 2.71. The molecule has 1 aromatic heterocycles. The van der Waals surface area contributed by atoms with Gasteiger partial charge in [0.25, 0.3) is 0 Å². The molecule has 0 aliphatic heterocycles. The first kappa shape index (κ1) is 14.4. The summed E-state index contributed by atoms with van der Waals surface area (Å²) in [6, 6.07) is 0. The smallest absolute Gasteiger partial charge is 0.0985 e. The molecule has 96 valence electrons. The van der Waals surface area contributed by atoms with Gasteiger partial charge in [-0.1, -0.05) is 26.8 Å².